The molecule has 5 aromatic carbocycles. The molecule has 0 radical (unpaired) electrons. The third kappa shape index (κ3) is 4.03. The van der Waals surface area contributed by atoms with Crippen LogP contribution in [0.1, 0.15) is 0 Å². The Morgan fingerprint density at radius 2 is 0.851 bits per heavy atom. The molecule has 47 heavy (non-hydrogen) atoms. The van der Waals surface area contributed by atoms with Gasteiger partial charge in [-0.2, -0.15) is 0 Å². The van der Waals surface area contributed by atoms with Crippen molar-refractivity contribution in [2.75, 3.05) is 0 Å². The van der Waals surface area contributed by atoms with E-state index in [1.807, 2.05) is 24.5 Å². The molecule has 10 rings (SSSR count). The van der Waals surface area contributed by atoms with E-state index in [1.54, 1.807) is 0 Å². The SMILES string of the molecule is c1ccc(-n2c3ccc(-c4ccc5ccc6cccnc6c5n4)cc3c3cc(-c4ccc5ccc6cccnc6c5n4)ccc32)cc1. The molecule has 0 N–H and O–H groups in total. The molecule has 5 aromatic heterocycles. The van der Waals surface area contributed by atoms with Crippen molar-refractivity contribution in [3.63, 3.8) is 0 Å². The van der Waals surface area contributed by atoms with Crippen molar-refractivity contribution in [2.24, 2.45) is 0 Å². The average molecular weight is 600 g/mol. The highest BCUT2D eigenvalue weighted by molar-refractivity contribution is 6.12. The Hall–Kier alpha value is -6.46. The summed E-state index contributed by atoms with van der Waals surface area (Å²) in [6.45, 7) is 0. The number of rotatable bonds is 3. The van der Waals surface area contributed by atoms with Crippen LogP contribution in [0.25, 0.3) is 93.6 Å². The van der Waals surface area contributed by atoms with Crippen LogP contribution in [0.15, 0.2) is 152 Å². The van der Waals surface area contributed by atoms with Crippen LogP contribution in [0.2, 0.25) is 0 Å². The number of hydrogen-bond acceptors (Lipinski definition) is 4. The topological polar surface area (TPSA) is 56.5 Å². The Morgan fingerprint density at radius 1 is 0.383 bits per heavy atom. The zero-order chi connectivity index (χ0) is 30.9. The predicted molar refractivity (Wildman–Crippen MR) is 193 cm³/mol. The van der Waals surface area contributed by atoms with Gasteiger partial charge in [-0.15, -0.1) is 0 Å². The van der Waals surface area contributed by atoms with Crippen molar-refractivity contribution in [1.82, 2.24) is 24.5 Å². The summed E-state index contributed by atoms with van der Waals surface area (Å²) in [6.07, 6.45) is 3.67. The molecule has 0 fully saturated rings. The molecule has 0 bridgehead atoms. The molecule has 0 atom stereocenters. The highest BCUT2D eigenvalue weighted by Gasteiger charge is 2.16. The predicted octanol–water partition coefficient (Wildman–Crippen LogP) is 10.3. The van der Waals surface area contributed by atoms with Gasteiger partial charge in [-0.25, -0.2) is 9.97 Å². The number of hydrogen-bond donors (Lipinski definition) is 0. The van der Waals surface area contributed by atoms with E-state index in [-0.39, 0.29) is 0 Å². The molecule has 218 valence electrons. The van der Waals surface area contributed by atoms with Crippen LogP contribution in [-0.4, -0.2) is 24.5 Å². The Morgan fingerprint density at radius 3 is 1.36 bits per heavy atom. The lowest BCUT2D eigenvalue weighted by Crippen LogP contribution is -1.93. The Kier molecular flexibility index (Phi) is 5.51. The van der Waals surface area contributed by atoms with Crippen molar-refractivity contribution < 1.29 is 0 Å². The first kappa shape index (κ1) is 25.8. The zero-order valence-corrected chi connectivity index (χ0v) is 25.2. The largest absolute Gasteiger partial charge is 0.309 e. The van der Waals surface area contributed by atoms with Gasteiger partial charge in [0.1, 0.15) is 0 Å². The van der Waals surface area contributed by atoms with Crippen molar-refractivity contribution in [2.45, 2.75) is 0 Å². The van der Waals surface area contributed by atoms with Crippen LogP contribution in [0.5, 0.6) is 0 Å². The highest BCUT2D eigenvalue weighted by Crippen LogP contribution is 2.37. The van der Waals surface area contributed by atoms with Gasteiger partial charge in [0.25, 0.3) is 0 Å². The maximum absolute atomic E-state index is 5.16. The van der Waals surface area contributed by atoms with E-state index < -0.39 is 0 Å². The lowest BCUT2D eigenvalue weighted by Gasteiger charge is -2.09. The molecule has 5 nitrogen and oxygen atoms in total. The molecule has 0 spiro atoms. The van der Waals surface area contributed by atoms with E-state index >= 15 is 0 Å². The lowest BCUT2D eigenvalue weighted by atomic mass is 10.0. The van der Waals surface area contributed by atoms with Crippen molar-refractivity contribution in [3.05, 3.63) is 152 Å². The van der Waals surface area contributed by atoms with Gasteiger partial charge in [-0.05, 0) is 60.7 Å². The minimum atomic E-state index is 0.916. The number of para-hydroxylation sites is 1. The summed E-state index contributed by atoms with van der Waals surface area (Å²) in [7, 11) is 0. The van der Waals surface area contributed by atoms with E-state index in [2.05, 4.69) is 142 Å². The van der Waals surface area contributed by atoms with Gasteiger partial charge in [0.2, 0.25) is 0 Å². The molecule has 10 aromatic rings. The second kappa shape index (κ2) is 10.0. The van der Waals surface area contributed by atoms with Crippen molar-refractivity contribution >= 4 is 65.4 Å². The molecule has 0 amide bonds. The van der Waals surface area contributed by atoms with Crippen molar-refractivity contribution in [1.29, 1.82) is 0 Å². The smallest absolute Gasteiger partial charge is 0.0972 e. The summed E-state index contributed by atoms with van der Waals surface area (Å²) in [6, 6.07) is 49.0. The fourth-order valence-corrected chi connectivity index (χ4v) is 6.97. The van der Waals surface area contributed by atoms with Crippen LogP contribution in [-0.2, 0) is 0 Å². The van der Waals surface area contributed by atoms with Gasteiger partial charge in [0, 0.05) is 61.5 Å². The maximum atomic E-state index is 5.16. The number of benzene rings is 5. The van der Waals surface area contributed by atoms with Gasteiger partial charge in [0.15, 0.2) is 0 Å². The van der Waals surface area contributed by atoms with E-state index in [4.69, 9.17) is 9.97 Å². The lowest BCUT2D eigenvalue weighted by molar-refractivity contribution is 1.18. The van der Waals surface area contributed by atoms with Crippen molar-refractivity contribution in [3.8, 4) is 28.2 Å². The summed E-state index contributed by atoms with van der Waals surface area (Å²) >= 11 is 0. The zero-order valence-electron chi connectivity index (χ0n) is 25.2. The fraction of sp³-hybridized carbons (Fsp3) is 0. The molecule has 0 aliphatic heterocycles. The first-order valence-corrected chi connectivity index (χ1v) is 15.7. The van der Waals surface area contributed by atoms with Gasteiger partial charge in [-0.1, -0.05) is 78.9 Å². The summed E-state index contributed by atoms with van der Waals surface area (Å²) in [5.74, 6) is 0. The number of pyridine rings is 4. The Balaban J connectivity index is 1.20. The summed E-state index contributed by atoms with van der Waals surface area (Å²) in [4.78, 5) is 19.7. The molecule has 0 saturated carbocycles. The highest BCUT2D eigenvalue weighted by atomic mass is 15.0. The van der Waals surface area contributed by atoms with E-state index in [1.165, 1.54) is 0 Å². The van der Waals surface area contributed by atoms with E-state index in [0.29, 0.717) is 0 Å². The second-order valence-corrected chi connectivity index (χ2v) is 12.0. The van der Waals surface area contributed by atoms with Crippen LogP contribution < -0.4 is 0 Å². The monoisotopic (exact) mass is 599 g/mol. The van der Waals surface area contributed by atoms with Gasteiger partial charge in [0.05, 0.1) is 44.5 Å². The standard InChI is InChI=1S/C42H25N5/c1-2-8-32(9-3-1)47-37-20-16-30(35-18-14-28-12-10-26-6-4-22-43-39(26)41(28)45-35)24-33(37)34-25-31(17-21-38(34)47)36-19-15-29-13-11-27-7-5-23-44-40(27)42(29)46-36/h1-25H. The molecule has 0 aliphatic rings. The second-order valence-electron chi connectivity index (χ2n) is 12.0. The van der Waals surface area contributed by atoms with Crippen LogP contribution in [0.4, 0.5) is 0 Å². The first-order chi connectivity index (χ1) is 23.3. The summed E-state index contributed by atoms with van der Waals surface area (Å²) in [5, 5.41) is 6.66. The van der Waals surface area contributed by atoms with Crippen LogP contribution >= 0.6 is 0 Å². The average Bonchev–Trinajstić information content (AvgIpc) is 3.47. The molecule has 5 heteroatoms. The molecular formula is C42H25N5. The fourth-order valence-electron chi connectivity index (χ4n) is 6.97. The Bertz CT molecular complexity index is 2680. The molecule has 0 unspecified atom stereocenters. The third-order valence-corrected chi connectivity index (χ3v) is 9.24. The van der Waals surface area contributed by atoms with Gasteiger partial charge in [-0.3, -0.25) is 9.97 Å². The number of aromatic nitrogens is 5. The summed E-state index contributed by atoms with van der Waals surface area (Å²) < 4.78 is 2.34. The summed E-state index contributed by atoms with van der Waals surface area (Å²) in [5.41, 5.74) is 11.0. The first-order valence-electron chi connectivity index (χ1n) is 15.7. The molecule has 0 saturated heterocycles. The third-order valence-electron chi connectivity index (χ3n) is 9.24. The van der Waals surface area contributed by atoms with Gasteiger partial charge < -0.3 is 4.57 Å². The minimum absolute atomic E-state index is 0.916. The number of fused-ring (bicyclic) bond motifs is 9. The van der Waals surface area contributed by atoms with Crippen LogP contribution in [0, 0.1) is 0 Å². The molecular weight excluding hydrogens is 574 g/mol. The Labute approximate surface area is 269 Å². The quantitative estimate of drug-likeness (QED) is 0.190. The molecule has 5 heterocycles. The maximum Gasteiger partial charge on any atom is 0.0972 e. The van der Waals surface area contributed by atoms with Crippen LogP contribution in [0.3, 0.4) is 0 Å². The van der Waals surface area contributed by atoms with E-state index in [0.717, 1.165) is 93.6 Å². The normalized spacial score (nSPS) is 11.8. The molecule has 0 aliphatic carbocycles. The minimum Gasteiger partial charge on any atom is -0.309 e. The number of nitrogens with zero attached hydrogens (tertiary/aromatic N) is 5. The van der Waals surface area contributed by atoms with Gasteiger partial charge >= 0.3 is 0 Å². The van der Waals surface area contributed by atoms with E-state index in [9.17, 15) is 0 Å².